The number of phenols is 1. The molecule has 25 heteroatoms. The molecule has 0 saturated carbocycles. The first-order chi connectivity index (χ1) is 54.2. The standard InChI is InChI=1S/C34H22N2O.C14H9BrN2O.C13H9BrN2O5.2C13H8BrNO3/c1-21-35-28-16-9-17-30-34(28)36(21)29-19-18-23(20-31(29)37-30)33-26-14-7-5-12-24(26)32(22-10-3-2-4-11-22)25-13-6-8-15-27(25)33;1-8-16-10-3-2-4-12-14(10)17(8)11-6-5-9(15)7-13(11)18-12;14-9-5-4-8(13(17)7-9)6-10-11(15(18)19)2-1-3-12(10)16(20)21;2*14-9-5-4-8-6-10-11(15(16)17)2-1-3-12(10)18-13(8)7-9/h2-20H,1H3;2-7H,1H3;1-5,7,17H,6H2;2*1-5,7H,6H2. The number of aryl methyl sites for hydroxylation is 2. The molecule has 1 N–H and O–H groups in total. The molecule has 0 fully saturated rings. The van der Waals surface area contributed by atoms with Crippen LogP contribution in [0.2, 0.25) is 0 Å². The van der Waals surface area contributed by atoms with Crippen LogP contribution in [0.15, 0.2) is 279 Å². The molecule has 20 rings (SSSR count). The van der Waals surface area contributed by atoms with E-state index < -0.39 is 9.85 Å². The van der Waals surface area contributed by atoms with Gasteiger partial charge in [0.05, 0.1) is 53.2 Å². The highest BCUT2D eigenvalue weighted by atomic mass is 79.9. The van der Waals surface area contributed by atoms with Gasteiger partial charge in [-0.2, -0.15) is 0 Å². The van der Waals surface area contributed by atoms with Gasteiger partial charge in [0.25, 0.3) is 22.7 Å². The van der Waals surface area contributed by atoms with E-state index >= 15 is 0 Å². The SMILES string of the molecule is Cc1nc2cccc3c2n1-c1ccc(-c2c4ccccc4c(-c4ccccc4)c4ccccc24)cc1O3.Cc1nc2cccc3c2n1-c1ccc(Br)cc1O3.O=[N+]([O-])c1cccc([N+](=O)[O-])c1Cc1ccc(Br)cc1O.O=[N+]([O-])c1cccc2c1Cc1ccc(Br)cc1O2.O=[N+]([O-])c1cccc2c1Cc1ccc(Br)cc1O2. The predicted molar refractivity (Wildman–Crippen MR) is 444 cm³/mol. The molecule has 2 aromatic heterocycles. The van der Waals surface area contributed by atoms with Gasteiger partial charge in [-0.15, -0.1) is 0 Å². The number of ether oxygens (including phenoxy) is 4. The Morgan fingerprint density at radius 1 is 0.375 bits per heavy atom. The molecule has 0 saturated heterocycles. The van der Waals surface area contributed by atoms with Crippen molar-refractivity contribution in [3.8, 4) is 85.4 Å². The molecule has 112 heavy (non-hydrogen) atoms. The van der Waals surface area contributed by atoms with Gasteiger partial charge in [0.2, 0.25) is 0 Å². The maximum absolute atomic E-state index is 11.0. The predicted octanol–water partition coefficient (Wildman–Crippen LogP) is 25.0. The minimum atomic E-state index is -0.668. The molecule has 0 bridgehead atoms. The number of aromatic nitrogens is 4. The van der Waals surface area contributed by atoms with Crippen LogP contribution < -0.4 is 18.9 Å². The highest BCUT2D eigenvalue weighted by Gasteiger charge is 2.31. The monoisotopic (exact) mass is 1740 g/mol. The fourth-order valence-electron chi connectivity index (χ4n) is 14.6. The first kappa shape index (κ1) is 73.2. The zero-order valence-electron chi connectivity index (χ0n) is 58.9. The molecule has 0 aliphatic carbocycles. The molecule has 0 amide bonds. The van der Waals surface area contributed by atoms with Gasteiger partial charge >= 0.3 is 0 Å². The van der Waals surface area contributed by atoms with Gasteiger partial charge in [-0.25, -0.2) is 9.97 Å². The molecule has 14 aromatic carbocycles. The Labute approximate surface area is 670 Å². The molecule has 0 spiro atoms. The van der Waals surface area contributed by atoms with Crippen LogP contribution in [0.1, 0.15) is 45.0 Å². The third kappa shape index (κ3) is 14.1. The van der Waals surface area contributed by atoms with Crippen molar-refractivity contribution in [2.24, 2.45) is 0 Å². The second kappa shape index (κ2) is 30.5. The topological polar surface area (TPSA) is 265 Å². The lowest BCUT2D eigenvalue weighted by Crippen LogP contribution is -2.05. The van der Waals surface area contributed by atoms with E-state index in [1.54, 1.807) is 36.4 Å². The second-order valence-electron chi connectivity index (χ2n) is 26.3. The molecule has 4 aliphatic rings. The Balaban J connectivity index is 0.000000110. The van der Waals surface area contributed by atoms with Crippen LogP contribution in [0.5, 0.6) is 51.7 Å². The lowest BCUT2D eigenvalue weighted by atomic mass is 9.86. The molecule has 4 aliphatic heterocycles. The summed E-state index contributed by atoms with van der Waals surface area (Å²) >= 11 is 13.4. The third-order valence-electron chi connectivity index (χ3n) is 19.5. The molecule has 0 atom stereocenters. The van der Waals surface area contributed by atoms with Crippen LogP contribution in [-0.4, -0.2) is 43.9 Å². The molecule has 0 radical (unpaired) electrons. The molecular weight excluding hydrogens is 1680 g/mol. The molecule has 550 valence electrons. The normalized spacial score (nSPS) is 11.9. The van der Waals surface area contributed by atoms with Gasteiger partial charge in [-0.05, 0) is 184 Å². The lowest BCUT2D eigenvalue weighted by Gasteiger charge is -2.22. The van der Waals surface area contributed by atoms with E-state index in [0.29, 0.717) is 45.5 Å². The molecule has 16 aromatic rings. The fraction of sp³-hybridized carbons (Fsp3) is 0.0575. The van der Waals surface area contributed by atoms with Crippen molar-refractivity contribution in [2.75, 3.05) is 0 Å². The minimum Gasteiger partial charge on any atom is -0.508 e. The summed E-state index contributed by atoms with van der Waals surface area (Å²) in [5.74, 6) is 7.88. The number of halogens is 4. The maximum Gasteiger partial charge on any atom is 0.279 e. The smallest absolute Gasteiger partial charge is 0.279 e. The van der Waals surface area contributed by atoms with Crippen LogP contribution in [-0.2, 0) is 19.3 Å². The maximum atomic E-state index is 11.0. The highest BCUT2D eigenvalue weighted by molar-refractivity contribution is 9.11. The number of hydrogen-bond acceptors (Lipinski definition) is 15. The average molecular weight is 1740 g/mol. The average Bonchev–Trinajstić information content (AvgIpc) is 1.48. The second-order valence-corrected chi connectivity index (χ2v) is 29.9. The summed E-state index contributed by atoms with van der Waals surface area (Å²) in [5, 5.41) is 58.8. The molecule has 0 unspecified atom stereocenters. The zero-order valence-corrected chi connectivity index (χ0v) is 65.2. The molecule has 21 nitrogen and oxygen atoms in total. The van der Waals surface area contributed by atoms with Crippen LogP contribution in [0, 0.1) is 54.3 Å². The summed E-state index contributed by atoms with van der Waals surface area (Å²) in [5.41, 5.74) is 14.0. The number of benzene rings is 14. The largest absolute Gasteiger partial charge is 0.508 e. The van der Waals surface area contributed by atoms with Gasteiger partial charge < -0.3 is 24.1 Å². The van der Waals surface area contributed by atoms with Crippen molar-refractivity contribution in [3.05, 3.63) is 364 Å². The van der Waals surface area contributed by atoms with Crippen LogP contribution >= 0.6 is 63.7 Å². The number of hydrogen-bond donors (Lipinski definition) is 1. The van der Waals surface area contributed by atoms with E-state index in [2.05, 4.69) is 182 Å². The van der Waals surface area contributed by atoms with E-state index in [-0.39, 0.29) is 50.3 Å². The summed E-state index contributed by atoms with van der Waals surface area (Å²) in [7, 11) is 0. The van der Waals surface area contributed by atoms with Crippen molar-refractivity contribution >= 4 is 130 Å². The van der Waals surface area contributed by atoms with E-state index in [1.807, 2.05) is 97.9 Å². The highest BCUT2D eigenvalue weighted by Crippen LogP contribution is 2.50. The summed E-state index contributed by atoms with van der Waals surface area (Å²) in [4.78, 5) is 51.3. The van der Waals surface area contributed by atoms with Crippen LogP contribution in [0.25, 0.3) is 77.2 Å². The number of nitrogens with zero attached hydrogens (tertiary/aromatic N) is 8. The zero-order chi connectivity index (χ0) is 77.8. The van der Waals surface area contributed by atoms with E-state index in [1.165, 1.54) is 74.6 Å². The number of nitro groups is 4. The number of aromatic hydroxyl groups is 1. The molecule has 6 heterocycles. The number of phenolic OH excluding ortho intramolecular Hbond substituents is 1. The summed E-state index contributed by atoms with van der Waals surface area (Å²) in [6.07, 6.45) is 0.941. The number of rotatable bonds is 8. The Kier molecular flexibility index (Phi) is 19.9. The van der Waals surface area contributed by atoms with Gasteiger partial charge in [0.15, 0.2) is 23.0 Å². The number of fused-ring (bicyclic) bond motifs is 10. The van der Waals surface area contributed by atoms with E-state index in [0.717, 1.165) is 110 Å². The summed E-state index contributed by atoms with van der Waals surface area (Å²) in [6.45, 7) is 4.07. The van der Waals surface area contributed by atoms with E-state index in [9.17, 15) is 45.6 Å². The van der Waals surface area contributed by atoms with Crippen molar-refractivity contribution in [1.29, 1.82) is 0 Å². The van der Waals surface area contributed by atoms with Gasteiger partial charge in [-0.3, -0.25) is 49.6 Å². The number of imidazole rings is 2. The Morgan fingerprint density at radius 2 is 0.750 bits per heavy atom. The molecular formula is C87H56Br4N8O13. The van der Waals surface area contributed by atoms with Gasteiger partial charge in [0, 0.05) is 61.4 Å². The number of nitro benzene ring substituents is 4. The van der Waals surface area contributed by atoms with E-state index in [4.69, 9.17) is 23.9 Å². The van der Waals surface area contributed by atoms with Gasteiger partial charge in [0.1, 0.15) is 57.0 Å². The fourth-order valence-corrected chi connectivity index (χ4v) is 15.9. The van der Waals surface area contributed by atoms with Crippen molar-refractivity contribution in [1.82, 2.24) is 19.1 Å². The Bertz CT molecular complexity index is 6390. The lowest BCUT2D eigenvalue weighted by molar-refractivity contribution is -0.395. The summed E-state index contributed by atoms with van der Waals surface area (Å²) < 4.78 is 31.7. The quantitative estimate of drug-likeness (QED) is 0.0842. The number of para-hydroxylation sites is 2. The first-order valence-corrected chi connectivity index (χ1v) is 38.0. The minimum absolute atomic E-state index is 0.0369. The van der Waals surface area contributed by atoms with Crippen molar-refractivity contribution in [2.45, 2.75) is 33.1 Å². The third-order valence-corrected chi connectivity index (χ3v) is 21.5. The van der Waals surface area contributed by atoms with Crippen molar-refractivity contribution < 1.29 is 43.7 Å². The Morgan fingerprint density at radius 3 is 1.22 bits per heavy atom. The van der Waals surface area contributed by atoms with Crippen molar-refractivity contribution in [3.63, 3.8) is 0 Å². The summed E-state index contributed by atoms with van der Waals surface area (Å²) in [6, 6.07) is 82.3. The van der Waals surface area contributed by atoms with Gasteiger partial charge in [-0.1, -0.05) is 191 Å². The first-order valence-electron chi connectivity index (χ1n) is 34.8. The Hall–Kier alpha value is -12.9. The van der Waals surface area contributed by atoms with Crippen LogP contribution in [0.3, 0.4) is 0 Å². The van der Waals surface area contributed by atoms with Crippen LogP contribution in [0.4, 0.5) is 22.7 Å².